The molecule has 0 bridgehead atoms. The van der Waals surface area contributed by atoms with Crippen LogP contribution in [0.25, 0.3) is 0 Å². The van der Waals surface area contributed by atoms with Gasteiger partial charge < -0.3 is 10.4 Å². The fraction of sp³-hybridized carbons (Fsp3) is 0.133. The molecule has 0 fully saturated rings. The molecule has 0 unspecified atom stereocenters. The SMILES string of the molecule is Cc1ccc(C(=O)Nc2ccc(Cl)c(O)c2)cc1C. The van der Waals surface area contributed by atoms with Crippen molar-refractivity contribution in [2.45, 2.75) is 13.8 Å². The molecule has 0 spiro atoms. The smallest absolute Gasteiger partial charge is 0.255 e. The van der Waals surface area contributed by atoms with Crippen molar-refractivity contribution in [3.05, 3.63) is 58.1 Å². The minimum atomic E-state index is -0.218. The lowest BCUT2D eigenvalue weighted by Crippen LogP contribution is -2.12. The Labute approximate surface area is 116 Å². The Kier molecular flexibility index (Phi) is 3.76. The summed E-state index contributed by atoms with van der Waals surface area (Å²) < 4.78 is 0. The summed E-state index contributed by atoms with van der Waals surface area (Å²) in [7, 11) is 0. The minimum Gasteiger partial charge on any atom is -0.506 e. The van der Waals surface area contributed by atoms with Gasteiger partial charge in [-0.3, -0.25) is 4.79 Å². The van der Waals surface area contributed by atoms with Gasteiger partial charge in [-0.1, -0.05) is 17.7 Å². The molecular weight excluding hydrogens is 262 g/mol. The lowest BCUT2D eigenvalue weighted by Gasteiger charge is -2.08. The molecular formula is C15H14ClNO2. The third-order valence-corrected chi connectivity index (χ3v) is 3.29. The standard InChI is InChI=1S/C15H14ClNO2/c1-9-3-4-11(7-10(9)2)15(19)17-12-5-6-13(16)14(18)8-12/h3-8,18H,1-2H3,(H,17,19). The number of halogens is 1. The first-order valence-corrected chi connectivity index (χ1v) is 6.22. The number of carbonyl (C=O) groups excluding carboxylic acids is 1. The highest BCUT2D eigenvalue weighted by Crippen LogP contribution is 2.26. The Bertz CT molecular complexity index is 638. The number of aromatic hydroxyl groups is 1. The molecule has 2 N–H and O–H groups in total. The van der Waals surface area contributed by atoms with Crippen molar-refractivity contribution in [3.8, 4) is 5.75 Å². The number of phenols is 1. The van der Waals surface area contributed by atoms with Crippen LogP contribution in [0.3, 0.4) is 0 Å². The molecule has 0 saturated heterocycles. The predicted molar refractivity (Wildman–Crippen MR) is 77.0 cm³/mol. The molecule has 0 aliphatic rings. The molecule has 1 amide bonds. The first-order chi connectivity index (χ1) is 8.97. The maximum atomic E-state index is 12.0. The summed E-state index contributed by atoms with van der Waals surface area (Å²) in [6, 6.07) is 10.1. The van der Waals surface area contributed by atoms with Crippen molar-refractivity contribution in [3.63, 3.8) is 0 Å². The molecule has 0 aliphatic carbocycles. The van der Waals surface area contributed by atoms with Gasteiger partial charge in [0.15, 0.2) is 0 Å². The van der Waals surface area contributed by atoms with E-state index >= 15 is 0 Å². The molecule has 0 aromatic heterocycles. The van der Waals surface area contributed by atoms with E-state index in [9.17, 15) is 9.90 Å². The fourth-order valence-corrected chi connectivity index (χ4v) is 1.79. The van der Waals surface area contributed by atoms with E-state index in [2.05, 4.69) is 5.32 Å². The van der Waals surface area contributed by atoms with Crippen LogP contribution in [0.1, 0.15) is 21.5 Å². The zero-order chi connectivity index (χ0) is 14.0. The molecule has 19 heavy (non-hydrogen) atoms. The number of amides is 1. The number of aryl methyl sites for hydroxylation is 2. The zero-order valence-corrected chi connectivity index (χ0v) is 11.5. The van der Waals surface area contributed by atoms with Crippen LogP contribution in [0.15, 0.2) is 36.4 Å². The quantitative estimate of drug-likeness (QED) is 0.873. The molecule has 0 radical (unpaired) electrons. The van der Waals surface area contributed by atoms with Gasteiger partial charge in [0.05, 0.1) is 5.02 Å². The Balaban J connectivity index is 2.20. The van der Waals surface area contributed by atoms with Crippen molar-refractivity contribution in [1.82, 2.24) is 0 Å². The second-order valence-electron chi connectivity index (χ2n) is 4.42. The molecule has 2 aromatic carbocycles. The number of benzene rings is 2. The summed E-state index contributed by atoms with van der Waals surface area (Å²) in [4.78, 5) is 12.0. The van der Waals surface area contributed by atoms with E-state index in [1.807, 2.05) is 26.0 Å². The second kappa shape index (κ2) is 5.33. The van der Waals surface area contributed by atoms with E-state index in [4.69, 9.17) is 11.6 Å². The lowest BCUT2D eigenvalue weighted by molar-refractivity contribution is 0.102. The summed E-state index contributed by atoms with van der Waals surface area (Å²) in [6.45, 7) is 3.95. The van der Waals surface area contributed by atoms with Gasteiger partial charge in [-0.15, -0.1) is 0 Å². The molecule has 3 nitrogen and oxygen atoms in total. The summed E-state index contributed by atoms with van der Waals surface area (Å²) in [5.74, 6) is -0.274. The average Bonchev–Trinajstić information content (AvgIpc) is 2.37. The fourth-order valence-electron chi connectivity index (χ4n) is 1.68. The van der Waals surface area contributed by atoms with E-state index in [0.29, 0.717) is 11.3 Å². The van der Waals surface area contributed by atoms with Crippen LogP contribution in [-0.4, -0.2) is 11.0 Å². The third-order valence-electron chi connectivity index (χ3n) is 2.97. The number of phenolic OH excluding ortho intramolecular Hbond substituents is 1. The van der Waals surface area contributed by atoms with Gasteiger partial charge in [-0.2, -0.15) is 0 Å². The van der Waals surface area contributed by atoms with Crippen molar-refractivity contribution < 1.29 is 9.90 Å². The Hall–Kier alpha value is -2.00. The predicted octanol–water partition coefficient (Wildman–Crippen LogP) is 3.91. The Morgan fingerprint density at radius 2 is 1.84 bits per heavy atom. The molecule has 0 saturated carbocycles. The summed E-state index contributed by atoms with van der Waals surface area (Å²) in [5.41, 5.74) is 3.29. The highest BCUT2D eigenvalue weighted by atomic mass is 35.5. The van der Waals surface area contributed by atoms with Gasteiger partial charge in [0, 0.05) is 17.3 Å². The van der Waals surface area contributed by atoms with E-state index in [1.54, 1.807) is 12.1 Å². The van der Waals surface area contributed by atoms with Gasteiger partial charge in [0.25, 0.3) is 5.91 Å². The van der Waals surface area contributed by atoms with Crippen LogP contribution in [0, 0.1) is 13.8 Å². The van der Waals surface area contributed by atoms with Crippen LogP contribution < -0.4 is 5.32 Å². The average molecular weight is 276 g/mol. The molecule has 4 heteroatoms. The zero-order valence-electron chi connectivity index (χ0n) is 10.7. The number of nitrogens with one attached hydrogen (secondary N) is 1. The van der Waals surface area contributed by atoms with Crippen molar-refractivity contribution >= 4 is 23.2 Å². The highest BCUT2D eigenvalue weighted by Gasteiger charge is 2.08. The van der Waals surface area contributed by atoms with Gasteiger partial charge in [-0.05, 0) is 49.2 Å². The van der Waals surface area contributed by atoms with E-state index in [-0.39, 0.29) is 16.7 Å². The van der Waals surface area contributed by atoms with Gasteiger partial charge in [-0.25, -0.2) is 0 Å². The van der Waals surface area contributed by atoms with Crippen LogP contribution in [0.5, 0.6) is 5.75 Å². The number of anilines is 1. The topological polar surface area (TPSA) is 49.3 Å². The number of hydrogen-bond donors (Lipinski definition) is 2. The van der Waals surface area contributed by atoms with Crippen LogP contribution in [0.2, 0.25) is 5.02 Å². The monoisotopic (exact) mass is 275 g/mol. The van der Waals surface area contributed by atoms with Crippen LogP contribution in [-0.2, 0) is 0 Å². The highest BCUT2D eigenvalue weighted by molar-refractivity contribution is 6.32. The van der Waals surface area contributed by atoms with Gasteiger partial charge >= 0.3 is 0 Å². The van der Waals surface area contributed by atoms with E-state index in [0.717, 1.165) is 11.1 Å². The van der Waals surface area contributed by atoms with Crippen molar-refractivity contribution in [1.29, 1.82) is 0 Å². The molecule has 0 heterocycles. The van der Waals surface area contributed by atoms with Crippen LogP contribution in [0.4, 0.5) is 5.69 Å². The normalized spacial score (nSPS) is 10.3. The molecule has 0 aliphatic heterocycles. The van der Waals surface area contributed by atoms with E-state index in [1.165, 1.54) is 12.1 Å². The van der Waals surface area contributed by atoms with Gasteiger partial charge in [0.1, 0.15) is 5.75 Å². The largest absolute Gasteiger partial charge is 0.506 e. The summed E-state index contributed by atoms with van der Waals surface area (Å²) >= 11 is 5.71. The maximum absolute atomic E-state index is 12.0. The Morgan fingerprint density at radius 1 is 1.11 bits per heavy atom. The number of carbonyl (C=O) groups is 1. The molecule has 2 aromatic rings. The van der Waals surface area contributed by atoms with Crippen LogP contribution >= 0.6 is 11.6 Å². The number of hydrogen-bond acceptors (Lipinski definition) is 2. The first-order valence-electron chi connectivity index (χ1n) is 5.84. The van der Waals surface area contributed by atoms with Crippen molar-refractivity contribution in [2.24, 2.45) is 0 Å². The molecule has 2 rings (SSSR count). The number of rotatable bonds is 2. The van der Waals surface area contributed by atoms with Gasteiger partial charge in [0.2, 0.25) is 0 Å². The summed E-state index contributed by atoms with van der Waals surface area (Å²) in [5, 5.41) is 12.5. The Morgan fingerprint density at radius 3 is 2.47 bits per heavy atom. The minimum absolute atomic E-state index is 0.0560. The first kappa shape index (κ1) is 13.4. The second-order valence-corrected chi connectivity index (χ2v) is 4.83. The molecule has 0 atom stereocenters. The van der Waals surface area contributed by atoms with E-state index < -0.39 is 0 Å². The lowest BCUT2D eigenvalue weighted by atomic mass is 10.1. The molecule has 98 valence electrons. The summed E-state index contributed by atoms with van der Waals surface area (Å²) in [6.07, 6.45) is 0. The maximum Gasteiger partial charge on any atom is 0.255 e. The van der Waals surface area contributed by atoms with Crippen molar-refractivity contribution in [2.75, 3.05) is 5.32 Å². The third kappa shape index (κ3) is 3.06.